The zero-order chi connectivity index (χ0) is 11.5. The molecule has 4 nitrogen and oxygen atoms in total. The quantitative estimate of drug-likeness (QED) is 0.703. The second-order valence-corrected chi connectivity index (χ2v) is 5.07. The fourth-order valence-electron chi connectivity index (χ4n) is 1.93. The first-order chi connectivity index (χ1) is 7.00. The van der Waals surface area contributed by atoms with Crippen LogP contribution in [0.25, 0.3) is 0 Å². The maximum atomic E-state index is 11.9. The van der Waals surface area contributed by atoms with Crippen LogP contribution in [0.3, 0.4) is 0 Å². The first-order valence-electron chi connectivity index (χ1n) is 5.57. The van der Waals surface area contributed by atoms with Crippen LogP contribution in [-0.2, 0) is 4.79 Å². The number of nitrogens with zero attached hydrogens (tertiary/aromatic N) is 1. The summed E-state index contributed by atoms with van der Waals surface area (Å²) in [5, 5.41) is 12.2. The molecule has 1 saturated heterocycles. The van der Waals surface area contributed by atoms with Crippen LogP contribution < -0.4 is 5.32 Å². The molecule has 1 heterocycles. The SMILES string of the molecule is CNC1CCCN(CC(C)(C)CO)C1=O. The van der Waals surface area contributed by atoms with Gasteiger partial charge in [0.2, 0.25) is 5.91 Å². The molecule has 15 heavy (non-hydrogen) atoms. The van der Waals surface area contributed by atoms with E-state index < -0.39 is 0 Å². The summed E-state index contributed by atoms with van der Waals surface area (Å²) in [7, 11) is 1.82. The maximum absolute atomic E-state index is 11.9. The summed E-state index contributed by atoms with van der Waals surface area (Å²) in [4.78, 5) is 13.8. The first-order valence-corrected chi connectivity index (χ1v) is 5.57. The average Bonchev–Trinajstić information content (AvgIpc) is 2.21. The van der Waals surface area contributed by atoms with Crippen LogP contribution in [0.15, 0.2) is 0 Å². The van der Waals surface area contributed by atoms with E-state index in [1.807, 2.05) is 25.8 Å². The predicted molar refractivity (Wildman–Crippen MR) is 59.5 cm³/mol. The molecule has 1 aliphatic rings. The summed E-state index contributed by atoms with van der Waals surface area (Å²) in [5.41, 5.74) is -0.203. The smallest absolute Gasteiger partial charge is 0.239 e. The molecule has 88 valence electrons. The van der Waals surface area contributed by atoms with Crippen molar-refractivity contribution in [1.82, 2.24) is 10.2 Å². The van der Waals surface area contributed by atoms with Crippen molar-refractivity contribution in [3.8, 4) is 0 Å². The van der Waals surface area contributed by atoms with E-state index in [2.05, 4.69) is 5.32 Å². The number of carbonyl (C=O) groups excluding carboxylic acids is 1. The number of nitrogens with one attached hydrogen (secondary N) is 1. The highest BCUT2D eigenvalue weighted by molar-refractivity contribution is 5.82. The van der Waals surface area contributed by atoms with Gasteiger partial charge in [-0.3, -0.25) is 4.79 Å². The van der Waals surface area contributed by atoms with Crippen molar-refractivity contribution in [2.45, 2.75) is 32.7 Å². The summed E-state index contributed by atoms with van der Waals surface area (Å²) < 4.78 is 0. The molecule has 1 fully saturated rings. The number of likely N-dealkylation sites (tertiary alicyclic amines) is 1. The van der Waals surface area contributed by atoms with Gasteiger partial charge in [-0.1, -0.05) is 13.8 Å². The molecule has 0 aliphatic carbocycles. The number of carbonyl (C=O) groups is 1. The summed E-state index contributed by atoms with van der Waals surface area (Å²) in [5.74, 6) is 0.172. The highest BCUT2D eigenvalue weighted by atomic mass is 16.3. The van der Waals surface area contributed by atoms with Gasteiger partial charge < -0.3 is 15.3 Å². The molecule has 4 heteroatoms. The molecule has 1 rings (SSSR count). The van der Waals surface area contributed by atoms with Crippen molar-refractivity contribution < 1.29 is 9.90 Å². The molecular weight excluding hydrogens is 192 g/mol. The first kappa shape index (κ1) is 12.5. The van der Waals surface area contributed by atoms with Gasteiger partial charge in [0.15, 0.2) is 0 Å². The van der Waals surface area contributed by atoms with Crippen molar-refractivity contribution in [2.75, 3.05) is 26.7 Å². The van der Waals surface area contributed by atoms with E-state index in [9.17, 15) is 9.90 Å². The normalized spacial score (nSPS) is 23.3. The zero-order valence-electron chi connectivity index (χ0n) is 9.92. The monoisotopic (exact) mass is 214 g/mol. The minimum Gasteiger partial charge on any atom is -0.396 e. The third kappa shape index (κ3) is 3.18. The van der Waals surface area contributed by atoms with Crippen LogP contribution in [0.4, 0.5) is 0 Å². The second-order valence-electron chi connectivity index (χ2n) is 5.07. The Hall–Kier alpha value is -0.610. The van der Waals surface area contributed by atoms with E-state index in [4.69, 9.17) is 0 Å². The van der Waals surface area contributed by atoms with Gasteiger partial charge >= 0.3 is 0 Å². The molecule has 1 aliphatic heterocycles. The van der Waals surface area contributed by atoms with E-state index in [-0.39, 0.29) is 24.0 Å². The number of hydrogen-bond donors (Lipinski definition) is 2. The fourth-order valence-corrected chi connectivity index (χ4v) is 1.93. The lowest BCUT2D eigenvalue weighted by molar-refractivity contribution is -0.137. The molecule has 1 unspecified atom stereocenters. The van der Waals surface area contributed by atoms with E-state index in [0.29, 0.717) is 6.54 Å². The Morgan fingerprint density at radius 1 is 1.60 bits per heavy atom. The summed E-state index contributed by atoms with van der Waals surface area (Å²) in [6, 6.07) is -0.0340. The summed E-state index contributed by atoms with van der Waals surface area (Å²) >= 11 is 0. The van der Waals surface area contributed by atoms with Gasteiger partial charge in [0.25, 0.3) is 0 Å². The molecule has 0 aromatic rings. The van der Waals surface area contributed by atoms with Gasteiger partial charge in [-0.2, -0.15) is 0 Å². The standard InChI is InChI=1S/C11H22N2O2/c1-11(2,8-14)7-13-6-4-5-9(12-3)10(13)15/h9,12,14H,4-8H2,1-3H3. The van der Waals surface area contributed by atoms with Gasteiger partial charge in [0.05, 0.1) is 6.04 Å². The Bertz CT molecular complexity index is 229. The van der Waals surface area contributed by atoms with Gasteiger partial charge in [-0.25, -0.2) is 0 Å². The zero-order valence-corrected chi connectivity index (χ0v) is 9.92. The number of amides is 1. The number of aliphatic hydroxyl groups is 1. The molecule has 0 aromatic heterocycles. The molecular formula is C11H22N2O2. The third-order valence-corrected chi connectivity index (χ3v) is 2.93. The summed E-state index contributed by atoms with van der Waals surface area (Å²) in [6.07, 6.45) is 1.96. The number of aliphatic hydroxyl groups excluding tert-OH is 1. The molecule has 0 bridgehead atoms. The minimum atomic E-state index is -0.203. The highest BCUT2D eigenvalue weighted by Gasteiger charge is 2.31. The van der Waals surface area contributed by atoms with E-state index >= 15 is 0 Å². The number of hydrogen-bond acceptors (Lipinski definition) is 3. The van der Waals surface area contributed by atoms with Crippen molar-refractivity contribution in [3.05, 3.63) is 0 Å². The Morgan fingerprint density at radius 3 is 2.80 bits per heavy atom. The van der Waals surface area contributed by atoms with Crippen LogP contribution in [-0.4, -0.2) is 48.7 Å². The average molecular weight is 214 g/mol. The van der Waals surface area contributed by atoms with Crippen molar-refractivity contribution in [3.63, 3.8) is 0 Å². The Balaban J connectivity index is 2.58. The fraction of sp³-hybridized carbons (Fsp3) is 0.909. The van der Waals surface area contributed by atoms with E-state index in [1.54, 1.807) is 0 Å². The Labute approximate surface area is 91.6 Å². The summed E-state index contributed by atoms with van der Waals surface area (Å²) in [6.45, 7) is 5.52. The van der Waals surface area contributed by atoms with Crippen LogP contribution >= 0.6 is 0 Å². The van der Waals surface area contributed by atoms with Crippen LogP contribution in [0.2, 0.25) is 0 Å². The van der Waals surface area contributed by atoms with Crippen LogP contribution in [0.1, 0.15) is 26.7 Å². The third-order valence-electron chi connectivity index (χ3n) is 2.93. The molecule has 0 saturated carbocycles. The van der Waals surface area contributed by atoms with Gasteiger partial charge in [0, 0.05) is 25.1 Å². The number of likely N-dealkylation sites (N-methyl/N-ethyl adjacent to an activating group) is 1. The molecule has 1 atom stereocenters. The molecule has 0 spiro atoms. The number of piperidine rings is 1. The maximum Gasteiger partial charge on any atom is 0.239 e. The van der Waals surface area contributed by atoms with Crippen molar-refractivity contribution >= 4 is 5.91 Å². The molecule has 0 aromatic carbocycles. The minimum absolute atomic E-state index is 0.0340. The molecule has 1 amide bonds. The van der Waals surface area contributed by atoms with Crippen molar-refractivity contribution in [1.29, 1.82) is 0 Å². The molecule has 2 N–H and O–H groups in total. The van der Waals surface area contributed by atoms with Gasteiger partial charge in [0.1, 0.15) is 0 Å². The number of rotatable bonds is 4. The predicted octanol–water partition coefficient (Wildman–Crippen LogP) is 0.215. The van der Waals surface area contributed by atoms with Crippen LogP contribution in [0.5, 0.6) is 0 Å². The van der Waals surface area contributed by atoms with Crippen LogP contribution in [0, 0.1) is 5.41 Å². The second kappa shape index (κ2) is 4.94. The largest absolute Gasteiger partial charge is 0.396 e. The Morgan fingerprint density at radius 2 is 2.27 bits per heavy atom. The van der Waals surface area contributed by atoms with Gasteiger partial charge in [-0.15, -0.1) is 0 Å². The van der Waals surface area contributed by atoms with Gasteiger partial charge in [-0.05, 0) is 19.9 Å². The van der Waals surface area contributed by atoms with E-state index in [1.165, 1.54) is 0 Å². The lowest BCUT2D eigenvalue weighted by Gasteiger charge is -2.37. The van der Waals surface area contributed by atoms with Crippen molar-refractivity contribution in [2.24, 2.45) is 5.41 Å². The Kier molecular flexibility index (Phi) is 4.11. The molecule has 0 radical (unpaired) electrons. The highest BCUT2D eigenvalue weighted by Crippen LogP contribution is 2.20. The lowest BCUT2D eigenvalue weighted by atomic mass is 9.92. The lowest BCUT2D eigenvalue weighted by Crippen LogP contribution is -2.52. The van der Waals surface area contributed by atoms with E-state index in [0.717, 1.165) is 19.4 Å². The topological polar surface area (TPSA) is 52.6 Å².